The van der Waals surface area contributed by atoms with Crippen LogP contribution in [0.1, 0.15) is 26.3 Å². The Morgan fingerprint density at radius 3 is 1.66 bits per heavy atom. The maximum atomic E-state index is 12.8. The third-order valence-electron chi connectivity index (χ3n) is 3.83. The lowest BCUT2D eigenvalue weighted by Crippen LogP contribution is -2.26. The van der Waals surface area contributed by atoms with Gasteiger partial charge in [0.2, 0.25) is 0 Å². The topological polar surface area (TPSA) is 131 Å². The molecule has 29 heavy (non-hydrogen) atoms. The molecule has 0 fully saturated rings. The zero-order chi connectivity index (χ0) is 22.0. The molecule has 2 aromatic rings. The first-order chi connectivity index (χ1) is 13.3. The van der Waals surface area contributed by atoms with Gasteiger partial charge in [0.25, 0.3) is 19.7 Å². The number of rotatable bonds is 3. The van der Waals surface area contributed by atoms with Gasteiger partial charge in [-0.25, -0.2) is 16.8 Å². The monoisotopic (exact) mass is 436 g/mol. The number of carbonyl (C=O) groups is 1. The molecule has 10 heteroatoms. The van der Waals surface area contributed by atoms with Crippen molar-refractivity contribution in [1.29, 1.82) is 0 Å². The fourth-order valence-corrected chi connectivity index (χ4v) is 5.46. The lowest BCUT2D eigenvalue weighted by molar-refractivity contribution is -0.143. The Hall–Kier alpha value is -2.81. The van der Waals surface area contributed by atoms with Crippen LogP contribution in [0.5, 0.6) is 5.75 Å². The molecular formula is C19H20N2O6S2. The van der Waals surface area contributed by atoms with Gasteiger partial charge in [0.1, 0.15) is 5.75 Å². The van der Waals surface area contributed by atoms with E-state index in [0.29, 0.717) is 0 Å². The van der Waals surface area contributed by atoms with Crippen LogP contribution in [-0.4, -0.2) is 32.0 Å². The van der Waals surface area contributed by atoms with Crippen molar-refractivity contribution in [2.45, 2.75) is 37.5 Å². The van der Waals surface area contributed by atoms with Crippen LogP contribution in [0.15, 0.2) is 58.3 Å². The summed E-state index contributed by atoms with van der Waals surface area (Å²) in [6.07, 6.45) is 0. The number of ether oxygens (including phenoxy) is 1. The van der Waals surface area contributed by atoms with Gasteiger partial charge in [-0.05, 0) is 64.1 Å². The normalized spacial score (nSPS) is 12.1. The zero-order valence-corrected chi connectivity index (χ0v) is 17.9. The van der Waals surface area contributed by atoms with Crippen molar-refractivity contribution >= 4 is 30.0 Å². The highest BCUT2D eigenvalue weighted by molar-refractivity contribution is 8.31. The second kappa shape index (κ2) is 7.90. The van der Waals surface area contributed by atoms with E-state index in [1.165, 1.54) is 36.4 Å². The van der Waals surface area contributed by atoms with E-state index in [1.807, 2.05) is 0 Å². The summed E-state index contributed by atoms with van der Waals surface area (Å²) < 4.78 is 54.6. The largest absolute Gasteiger partial charge is 0.504 e. The van der Waals surface area contributed by atoms with E-state index < -0.39 is 40.3 Å². The number of nitrogens with zero attached hydrogens (tertiary/aromatic N) is 2. The Morgan fingerprint density at radius 2 is 1.28 bits per heavy atom. The van der Waals surface area contributed by atoms with Crippen LogP contribution < -0.4 is 4.74 Å². The molecular weight excluding hydrogens is 416 g/mol. The van der Waals surface area contributed by atoms with E-state index in [0.717, 1.165) is 17.7 Å². The summed E-state index contributed by atoms with van der Waals surface area (Å²) in [7, 11) is -9.26. The third kappa shape index (κ3) is 4.79. The fourth-order valence-electron chi connectivity index (χ4n) is 2.12. The van der Waals surface area contributed by atoms with Gasteiger partial charge in [-0.15, -0.1) is 4.79 Å². The van der Waals surface area contributed by atoms with Crippen molar-refractivity contribution in [2.75, 3.05) is 0 Å². The summed E-state index contributed by atoms with van der Waals surface area (Å²) in [5.74, 6) is -0.430. The molecule has 0 aliphatic heterocycles. The second-order valence-electron chi connectivity index (χ2n) is 7.30. The Labute approximate surface area is 169 Å². The highest BCUT2D eigenvalue weighted by Gasteiger charge is 2.44. The Balaban J connectivity index is 2.41. The summed E-state index contributed by atoms with van der Waals surface area (Å²) in [5.41, 5.74) is 9.21. The first-order valence-electron chi connectivity index (χ1n) is 8.41. The average Bonchev–Trinajstić information content (AvgIpc) is 2.61. The molecule has 8 nitrogen and oxygen atoms in total. The number of hydrogen-bond acceptors (Lipinski definition) is 6. The summed E-state index contributed by atoms with van der Waals surface area (Å²) in [6.45, 7) is 6.72. The van der Waals surface area contributed by atoms with Gasteiger partial charge >= 0.3 is 10.3 Å². The van der Waals surface area contributed by atoms with Crippen LogP contribution in [0, 0.1) is 12.3 Å². The fraction of sp³-hybridized carbons (Fsp3) is 0.263. The molecule has 0 saturated heterocycles. The van der Waals surface area contributed by atoms with Crippen LogP contribution in [0.3, 0.4) is 0 Å². The van der Waals surface area contributed by atoms with Gasteiger partial charge in [0.05, 0.1) is 15.2 Å². The number of benzene rings is 2. The van der Waals surface area contributed by atoms with E-state index in [9.17, 15) is 27.2 Å². The summed E-state index contributed by atoms with van der Waals surface area (Å²) in [6, 6.07) is 9.99. The standard InChI is InChI=1S/C19H20N2O6S2/c1-13-5-9-15(10-6-13)28(23,24)18(21-20)29(25,26)16-11-7-14(8-12-16)27-17(22)19(2,3)4/h5-12H,1-4H3. The number of esters is 1. The van der Waals surface area contributed by atoms with Crippen LogP contribution in [-0.2, 0) is 24.5 Å². The van der Waals surface area contributed by atoms with Crippen molar-refractivity contribution in [3.05, 3.63) is 59.6 Å². The molecule has 0 spiro atoms. The maximum Gasteiger partial charge on any atom is 0.504 e. The summed E-state index contributed by atoms with van der Waals surface area (Å²) >= 11 is 0. The molecule has 2 rings (SSSR count). The van der Waals surface area contributed by atoms with Crippen LogP contribution in [0.25, 0.3) is 5.53 Å². The Bertz CT molecular complexity index is 1180. The van der Waals surface area contributed by atoms with E-state index in [2.05, 4.69) is 4.79 Å². The first-order valence-corrected chi connectivity index (χ1v) is 11.4. The second-order valence-corrected chi connectivity index (χ2v) is 11.3. The van der Waals surface area contributed by atoms with Crippen molar-refractivity contribution in [3.8, 4) is 5.75 Å². The van der Waals surface area contributed by atoms with Gasteiger partial charge in [0, 0.05) is 0 Å². The SMILES string of the molecule is Cc1ccc(S(=O)(=O)C(=[N+]=[N-])S(=O)(=O)c2ccc(OC(=O)C(C)(C)C)cc2)cc1. The number of aryl methyl sites for hydroxylation is 1. The van der Waals surface area contributed by atoms with Gasteiger partial charge in [-0.3, -0.25) is 4.79 Å². The number of carbonyl (C=O) groups excluding carboxylic acids is 1. The molecule has 0 atom stereocenters. The third-order valence-corrected chi connectivity index (χ3v) is 8.01. The number of sulfone groups is 2. The minimum Gasteiger partial charge on any atom is -0.426 e. The van der Waals surface area contributed by atoms with Crippen LogP contribution in [0.2, 0.25) is 0 Å². The molecule has 2 aromatic carbocycles. The lowest BCUT2D eigenvalue weighted by atomic mass is 9.97. The smallest absolute Gasteiger partial charge is 0.426 e. The molecule has 0 N–H and O–H groups in total. The van der Waals surface area contributed by atoms with Gasteiger partial charge in [0.15, 0.2) is 0 Å². The molecule has 154 valence electrons. The van der Waals surface area contributed by atoms with Crippen LogP contribution >= 0.6 is 0 Å². The molecule has 0 radical (unpaired) electrons. The minimum absolute atomic E-state index is 0.0905. The van der Waals surface area contributed by atoms with E-state index in [-0.39, 0.29) is 10.6 Å². The average molecular weight is 437 g/mol. The Morgan fingerprint density at radius 1 is 0.862 bits per heavy atom. The first kappa shape index (κ1) is 22.5. The molecule has 0 aliphatic rings. The summed E-state index contributed by atoms with van der Waals surface area (Å²) in [5, 5.41) is 0. The molecule has 0 amide bonds. The van der Waals surface area contributed by atoms with E-state index in [1.54, 1.807) is 27.7 Å². The number of hydrogen-bond donors (Lipinski definition) is 0. The van der Waals surface area contributed by atoms with Gasteiger partial charge in [-0.1, -0.05) is 17.7 Å². The zero-order valence-electron chi connectivity index (χ0n) is 16.3. The predicted octanol–water partition coefficient (Wildman–Crippen LogP) is 2.78. The molecule has 0 aromatic heterocycles. The highest BCUT2D eigenvalue weighted by atomic mass is 32.3. The van der Waals surface area contributed by atoms with Gasteiger partial charge in [-0.2, -0.15) is 0 Å². The highest BCUT2D eigenvalue weighted by Crippen LogP contribution is 2.24. The van der Waals surface area contributed by atoms with Crippen molar-refractivity contribution in [3.63, 3.8) is 0 Å². The predicted molar refractivity (Wildman–Crippen MR) is 106 cm³/mol. The molecule has 0 heterocycles. The lowest BCUT2D eigenvalue weighted by Gasteiger charge is -2.16. The minimum atomic E-state index is -4.67. The molecule has 0 bridgehead atoms. The van der Waals surface area contributed by atoms with E-state index in [4.69, 9.17) is 4.74 Å². The summed E-state index contributed by atoms with van der Waals surface area (Å²) in [4.78, 5) is 13.7. The molecule has 0 aliphatic carbocycles. The van der Waals surface area contributed by atoms with Gasteiger partial charge < -0.3 is 10.3 Å². The van der Waals surface area contributed by atoms with Crippen molar-refractivity contribution in [1.82, 2.24) is 0 Å². The Kier molecular flexibility index (Phi) is 6.13. The quantitative estimate of drug-likeness (QED) is 0.182. The molecule has 0 unspecified atom stereocenters. The molecule has 0 saturated carbocycles. The maximum absolute atomic E-state index is 12.8. The van der Waals surface area contributed by atoms with Crippen molar-refractivity contribution < 1.29 is 31.2 Å². The van der Waals surface area contributed by atoms with E-state index >= 15 is 0 Å². The van der Waals surface area contributed by atoms with Crippen molar-refractivity contribution in [2.24, 2.45) is 5.41 Å². The van der Waals surface area contributed by atoms with Crippen LogP contribution in [0.4, 0.5) is 0 Å².